The second kappa shape index (κ2) is 9.18. The van der Waals surface area contributed by atoms with Crippen LogP contribution < -0.4 is 16.0 Å². The molecule has 1 amide bonds. The first-order chi connectivity index (χ1) is 14.0. The first-order valence-electron chi connectivity index (χ1n) is 8.77. The fourth-order valence-corrected chi connectivity index (χ4v) is 2.60. The van der Waals surface area contributed by atoms with Crippen LogP contribution in [-0.2, 0) is 13.1 Å². The molecule has 9 heteroatoms. The summed E-state index contributed by atoms with van der Waals surface area (Å²) in [4.78, 5) is 25.7. The van der Waals surface area contributed by atoms with Crippen LogP contribution in [0.4, 0.5) is 27.8 Å². The number of nitro groups is 1. The summed E-state index contributed by atoms with van der Waals surface area (Å²) in [5, 5.41) is 28.4. The third-order valence-corrected chi connectivity index (χ3v) is 4.05. The van der Waals surface area contributed by atoms with Crippen molar-refractivity contribution < 1.29 is 14.8 Å². The molecule has 0 radical (unpaired) electrons. The SMILES string of the molecule is O=C(O)NCc1ccc(Nc2nc(NCc3ccccc3)ccc2[N+](=O)[O-])cc1. The number of aromatic nitrogens is 1. The van der Waals surface area contributed by atoms with Crippen molar-refractivity contribution >= 4 is 29.1 Å². The van der Waals surface area contributed by atoms with Gasteiger partial charge in [0.25, 0.3) is 0 Å². The summed E-state index contributed by atoms with van der Waals surface area (Å²) in [5.74, 6) is 0.619. The smallest absolute Gasteiger partial charge is 0.404 e. The lowest BCUT2D eigenvalue weighted by Gasteiger charge is -2.10. The predicted molar refractivity (Wildman–Crippen MR) is 109 cm³/mol. The monoisotopic (exact) mass is 393 g/mol. The molecule has 0 aliphatic carbocycles. The minimum Gasteiger partial charge on any atom is -0.465 e. The lowest BCUT2D eigenvalue weighted by Crippen LogP contribution is -2.19. The highest BCUT2D eigenvalue weighted by atomic mass is 16.6. The largest absolute Gasteiger partial charge is 0.465 e. The Hall–Kier alpha value is -4.14. The predicted octanol–water partition coefficient (Wildman–Crippen LogP) is 4.11. The van der Waals surface area contributed by atoms with E-state index in [1.54, 1.807) is 30.3 Å². The Kier molecular flexibility index (Phi) is 6.21. The fourth-order valence-electron chi connectivity index (χ4n) is 2.60. The van der Waals surface area contributed by atoms with Gasteiger partial charge in [0, 0.05) is 24.8 Å². The minimum absolute atomic E-state index is 0.115. The molecule has 0 unspecified atom stereocenters. The van der Waals surface area contributed by atoms with Crippen molar-refractivity contribution in [3.8, 4) is 0 Å². The number of benzene rings is 2. The molecule has 3 rings (SSSR count). The molecule has 9 nitrogen and oxygen atoms in total. The minimum atomic E-state index is -1.10. The van der Waals surface area contributed by atoms with E-state index in [9.17, 15) is 14.9 Å². The van der Waals surface area contributed by atoms with Crippen LogP contribution in [-0.4, -0.2) is 21.1 Å². The first-order valence-corrected chi connectivity index (χ1v) is 8.77. The number of anilines is 3. The summed E-state index contributed by atoms with van der Waals surface area (Å²) < 4.78 is 0. The van der Waals surface area contributed by atoms with Gasteiger partial charge >= 0.3 is 11.8 Å². The van der Waals surface area contributed by atoms with Gasteiger partial charge in [0.15, 0.2) is 0 Å². The van der Waals surface area contributed by atoms with Crippen LogP contribution >= 0.6 is 0 Å². The normalized spacial score (nSPS) is 10.2. The lowest BCUT2D eigenvalue weighted by atomic mass is 10.2. The summed E-state index contributed by atoms with van der Waals surface area (Å²) in [6.07, 6.45) is -1.10. The Bertz CT molecular complexity index is 994. The van der Waals surface area contributed by atoms with Crippen molar-refractivity contribution in [1.29, 1.82) is 0 Å². The number of hydrogen-bond donors (Lipinski definition) is 4. The van der Waals surface area contributed by atoms with Gasteiger partial charge in [-0.25, -0.2) is 9.78 Å². The van der Waals surface area contributed by atoms with E-state index in [0.717, 1.165) is 11.1 Å². The first kappa shape index (κ1) is 19.6. The van der Waals surface area contributed by atoms with Gasteiger partial charge in [0.2, 0.25) is 5.82 Å². The third kappa shape index (κ3) is 5.67. The van der Waals surface area contributed by atoms with E-state index in [1.165, 1.54) is 6.07 Å². The molecule has 0 saturated heterocycles. The van der Waals surface area contributed by atoms with Gasteiger partial charge in [0.05, 0.1) is 4.92 Å². The summed E-state index contributed by atoms with van der Waals surface area (Å²) in [5.41, 5.74) is 2.28. The van der Waals surface area contributed by atoms with Gasteiger partial charge in [-0.1, -0.05) is 42.5 Å². The molecule has 2 aromatic carbocycles. The summed E-state index contributed by atoms with van der Waals surface area (Å²) in [6, 6.07) is 19.5. The third-order valence-electron chi connectivity index (χ3n) is 4.05. The number of nitrogens with one attached hydrogen (secondary N) is 3. The van der Waals surface area contributed by atoms with Crippen LogP contribution in [0, 0.1) is 10.1 Å². The maximum absolute atomic E-state index is 11.3. The molecule has 1 heterocycles. The van der Waals surface area contributed by atoms with Crippen LogP contribution in [0.3, 0.4) is 0 Å². The van der Waals surface area contributed by atoms with E-state index in [2.05, 4.69) is 20.9 Å². The average Bonchev–Trinajstić information content (AvgIpc) is 2.72. The molecule has 0 aliphatic rings. The van der Waals surface area contributed by atoms with Crippen LogP contribution in [0.25, 0.3) is 0 Å². The Morgan fingerprint density at radius 2 is 1.66 bits per heavy atom. The molecular weight excluding hydrogens is 374 g/mol. The molecule has 0 bridgehead atoms. The molecule has 148 valence electrons. The zero-order chi connectivity index (χ0) is 20.6. The van der Waals surface area contributed by atoms with Gasteiger partial charge in [-0.3, -0.25) is 10.1 Å². The Morgan fingerprint density at radius 1 is 0.966 bits per heavy atom. The Balaban J connectivity index is 1.74. The number of rotatable bonds is 8. The number of carboxylic acid groups (broad SMARTS) is 1. The van der Waals surface area contributed by atoms with Crippen LogP contribution in [0.5, 0.6) is 0 Å². The highest BCUT2D eigenvalue weighted by Crippen LogP contribution is 2.27. The van der Waals surface area contributed by atoms with Gasteiger partial charge in [-0.05, 0) is 29.3 Å². The molecule has 4 N–H and O–H groups in total. The molecule has 29 heavy (non-hydrogen) atoms. The van der Waals surface area contributed by atoms with Gasteiger partial charge in [-0.2, -0.15) is 0 Å². The number of hydrogen-bond acceptors (Lipinski definition) is 6. The molecule has 1 aromatic heterocycles. The van der Waals surface area contributed by atoms with Crippen molar-refractivity contribution in [2.24, 2.45) is 0 Å². The van der Waals surface area contributed by atoms with Gasteiger partial charge in [0.1, 0.15) is 5.82 Å². The molecule has 0 atom stereocenters. The summed E-state index contributed by atoms with van der Waals surface area (Å²) >= 11 is 0. The maximum atomic E-state index is 11.3. The Labute approximate surface area is 166 Å². The Morgan fingerprint density at radius 3 is 2.31 bits per heavy atom. The topological polar surface area (TPSA) is 129 Å². The zero-order valence-electron chi connectivity index (χ0n) is 15.3. The molecule has 0 fully saturated rings. The van der Waals surface area contributed by atoms with E-state index in [1.807, 2.05) is 30.3 Å². The van der Waals surface area contributed by atoms with Crippen LogP contribution in [0.15, 0.2) is 66.7 Å². The van der Waals surface area contributed by atoms with Crippen molar-refractivity contribution in [3.63, 3.8) is 0 Å². The fraction of sp³-hybridized carbons (Fsp3) is 0.100. The summed E-state index contributed by atoms with van der Waals surface area (Å²) in [6.45, 7) is 0.712. The van der Waals surface area contributed by atoms with Crippen molar-refractivity contribution in [1.82, 2.24) is 10.3 Å². The van der Waals surface area contributed by atoms with Crippen LogP contribution in [0.1, 0.15) is 11.1 Å². The number of nitrogens with zero attached hydrogens (tertiary/aromatic N) is 2. The van der Waals surface area contributed by atoms with Gasteiger partial charge in [-0.15, -0.1) is 0 Å². The second-order valence-corrected chi connectivity index (χ2v) is 6.14. The molecular formula is C20H19N5O4. The van der Waals surface area contributed by atoms with E-state index < -0.39 is 11.0 Å². The van der Waals surface area contributed by atoms with E-state index >= 15 is 0 Å². The van der Waals surface area contributed by atoms with Crippen LogP contribution in [0.2, 0.25) is 0 Å². The number of pyridine rings is 1. The highest BCUT2D eigenvalue weighted by Gasteiger charge is 2.16. The molecule has 3 aromatic rings. The highest BCUT2D eigenvalue weighted by molar-refractivity contribution is 5.68. The standard InChI is InChI=1S/C20H19N5O4/c26-20(27)22-13-15-6-8-16(9-7-15)23-19-17(25(28)29)10-11-18(24-19)21-12-14-4-2-1-3-5-14/h1-11,22H,12-13H2,(H,26,27)(H2,21,23,24). The maximum Gasteiger partial charge on any atom is 0.404 e. The van der Waals surface area contributed by atoms with Gasteiger partial charge < -0.3 is 21.1 Å². The molecule has 0 saturated carbocycles. The van der Waals surface area contributed by atoms with E-state index in [-0.39, 0.29) is 18.1 Å². The van der Waals surface area contributed by atoms with Crippen molar-refractivity contribution in [2.75, 3.05) is 10.6 Å². The van der Waals surface area contributed by atoms with Crippen molar-refractivity contribution in [2.45, 2.75) is 13.1 Å². The molecule has 0 spiro atoms. The number of carbonyl (C=O) groups is 1. The zero-order valence-corrected chi connectivity index (χ0v) is 15.3. The second-order valence-electron chi connectivity index (χ2n) is 6.14. The summed E-state index contributed by atoms with van der Waals surface area (Å²) in [7, 11) is 0. The van der Waals surface area contributed by atoms with E-state index in [4.69, 9.17) is 5.11 Å². The molecule has 0 aliphatic heterocycles. The van der Waals surface area contributed by atoms with E-state index in [0.29, 0.717) is 18.1 Å². The average molecular weight is 393 g/mol. The van der Waals surface area contributed by atoms with Crippen molar-refractivity contribution in [3.05, 3.63) is 88.0 Å². The quantitative estimate of drug-likeness (QED) is 0.335. The number of amides is 1. The lowest BCUT2D eigenvalue weighted by molar-refractivity contribution is -0.384.